The van der Waals surface area contributed by atoms with Gasteiger partial charge in [0, 0.05) is 11.9 Å². The summed E-state index contributed by atoms with van der Waals surface area (Å²) in [6, 6.07) is 12.3. The molecule has 2 aromatic carbocycles. The van der Waals surface area contributed by atoms with Crippen LogP contribution in [0.15, 0.2) is 52.4 Å². The van der Waals surface area contributed by atoms with Crippen LogP contribution in [-0.2, 0) is 6.54 Å². The average Bonchev–Trinajstić information content (AvgIpc) is 2.78. The molecule has 156 valence electrons. The van der Waals surface area contributed by atoms with E-state index in [1.165, 1.54) is 10.9 Å². The number of carbonyl (C=O) groups excluding carboxylic acids is 1. The molecule has 0 spiro atoms. The van der Waals surface area contributed by atoms with Crippen LogP contribution in [0.1, 0.15) is 36.3 Å². The molecule has 30 heavy (non-hydrogen) atoms. The van der Waals surface area contributed by atoms with Crippen LogP contribution in [0.3, 0.4) is 0 Å². The van der Waals surface area contributed by atoms with Crippen molar-refractivity contribution in [3.05, 3.63) is 64.1 Å². The summed E-state index contributed by atoms with van der Waals surface area (Å²) in [6.45, 7) is 4.78. The molecule has 0 saturated heterocycles. The fourth-order valence-electron chi connectivity index (χ4n) is 2.93. The van der Waals surface area contributed by atoms with Gasteiger partial charge in [0.15, 0.2) is 17.2 Å². The van der Waals surface area contributed by atoms with Crippen molar-refractivity contribution in [2.24, 2.45) is 5.10 Å². The predicted molar refractivity (Wildman–Crippen MR) is 116 cm³/mol. The molecule has 0 aliphatic rings. The zero-order valence-electron chi connectivity index (χ0n) is 17.2. The lowest BCUT2D eigenvalue weighted by Crippen LogP contribution is -2.28. The van der Waals surface area contributed by atoms with Gasteiger partial charge in [-0.15, -0.1) is 0 Å². The number of nitrogens with one attached hydrogen (secondary N) is 1. The Hall–Kier alpha value is -3.68. The Morgan fingerprint density at radius 1 is 1.17 bits per heavy atom. The van der Waals surface area contributed by atoms with Crippen molar-refractivity contribution < 1.29 is 14.3 Å². The molecular formula is C22H24N4O4. The summed E-state index contributed by atoms with van der Waals surface area (Å²) < 4.78 is 12.2. The van der Waals surface area contributed by atoms with E-state index < -0.39 is 5.91 Å². The van der Waals surface area contributed by atoms with E-state index in [1.54, 1.807) is 50.4 Å². The molecule has 0 aliphatic heterocycles. The van der Waals surface area contributed by atoms with Gasteiger partial charge in [0.2, 0.25) is 0 Å². The SMILES string of the molecule is CCCOc1ccc(/C=N\NC(=O)c2nn(CC)c(=O)c3ccccc23)cc1OC. The second-order valence-electron chi connectivity index (χ2n) is 6.47. The van der Waals surface area contributed by atoms with Crippen LogP contribution < -0.4 is 20.5 Å². The van der Waals surface area contributed by atoms with Crippen molar-refractivity contribution in [1.29, 1.82) is 0 Å². The van der Waals surface area contributed by atoms with E-state index >= 15 is 0 Å². The van der Waals surface area contributed by atoms with Gasteiger partial charge >= 0.3 is 0 Å². The van der Waals surface area contributed by atoms with Gasteiger partial charge < -0.3 is 9.47 Å². The molecule has 0 aliphatic carbocycles. The van der Waals surface area contributed by atoms with Crippen LogP contribution in [0.25, 0.3) is 10.8 Å². The molecule has 0 unspecified atom stereocenters. The molecule has 0 radical (unpaired) electrons. The summed E-state index contributed by atoms with van der Waals surface area (Å²) in [5.41, 5.74) is 3.12. The van der Waals surface area contributed by atoms with Gasteiger partial charge in [-0.2, -0.15) is 10.2 Å². The fraction of sp³-hybridized carbons (Fsp3) is 0.273. The maximum atomic E-state index is 12.7. The first kappa shape index (κ1) is 21.0. The summed E-state index contributed by atoms with van der Waals surface area (Å²) >= 11 is 0. The zero-order chi connectivity index (χ0) is 21.5. The Balaban J connectivity index is 1.81. The van der Waals surface area contributed by atoms with E-state index in [0.29, 0.717) is 35.4 Å². The molecular weight excluding hydrogens is 384 g/mol. The lowest BCUT2D eigenvalue weighted by molar-refractivity contribution is 0.0949. The molecule has 0 bridgehead atoms. The van der Waals surface area contributed by atoms with Crippen molar-refractivity contribution in [3.8, 4) is 11.5 Å². The number of hydrogen-bond donors (Lipinski definition) is 1. The van der Waals surface area contributed by atoms with Gasteiger partial charge in [-0.05, 0) is 43.2 Å². The molecule has 1 amide bonds. The highest BCUT2D eigenvalue weighted by molar-refractivity contribution is 6.04. The highest BCUT2D eigenvalue weighted by atomic mass is 16.5. The number of methoxy groups -OCH3 is 1. The van der Waals surface area contributed by atoms with Gasteiger partial charge in [0.05, 0.1) is 25.3 Å². The van der Waals surface area contributed by atoms with Crippen molar-refractivity contribution >= 4 is 22.9 Å². The van der Waals surface area contributed by atoms with Gasteiger partial charge in [0.1, 0.15) is 0 Å². The zero-order valence-corrected chi connectivity index (χ0v) is 17.2. The molecule has 1 aromatic heterocycles. The second-order valence-corrected chi connectivity index (χ2v) is 6.47. The van der Waals surface area contributed by atoms with Crippen LogP contribution in [-0.4, -0.2) is 35.6 Å². The maximum absolute atomic E-state index is 12.7. The van der Waals surface area contributed by atoms with Gasteiger partial charge in [-0.25, -0.2) is 10.1 Å². The third-order valence-electron chi connectivity index (χ3n) is 4.41. The van der Waals surface area contributed by atoms with Crippen LogP contribution >= 0.6 is 0 Å². The first-order chi connectivity index (χ1) is 14.6. The van der Waals surface area contributed by atoms with Crippen molar-refractivity contribution in [2.75, 3.05) is 13.7 Å². The highest BCUT2D eigenvalue weighted by Gasteiger charge is 2.15. The third kappa shape index (κ3) is 4.48. The van der Waals surface area contributed by atoms with Crippen LogP contribution in [0, 0.1) is 0 Å². The van der Waals surface area contributed by atoms with Crippen molar-refractivity contribution in [1.82, 2.24) is 15.2 Å². The molecule has 8 heteroatoms. The van der Waals surface area contributed by atoms with E-state index in [4.69, 9.17) is 9.47 Å². The van der Waals surface area contributed by atoms with Crippen LogP contribution in [0.5, 0.6) is 11.5 Å². The highest BCUT2D eigenvalue weighted by Crippen LogP contribution is 2.27. The molecule has 3 aromatic rings. The minimum atomic E-state index is -0.500. The van der Waals surface area contributed by atoms with E-state index in [9.17, 15) is 9.59 Å². The van der Waals surface area contributed by atoms with Crippen LogP contribution in [0.4, 0.5) is 0 Å². The summed E-state index contributed by atoms with van der Waals surface area (Å²) in [5, 5.41) is 9.14. The topological polar surface area (TPSA) is 94.8 Å². The van der Waals surface area contributed by atoms with Gasteiger partial charge in [-0.1, -0.05) is 25.1 Å². The molecule has 0 atom stereocenters. The normalized spacial score (nSPS) is 11.0. The Morgan fingerprint density at radius 3 is 2.63 bits per heavy atom. The summed E-state index contributed by atoms with van der Waals surface area (Å²) in [7, 11) is 1.57. The van der Waals surface area contributed by atoms with E-state index in [2.05, 4.69) is 15.6 Å². The minimum Gasteiger partial charge on any atom is -0.493 e. The number of hydrazone groups is 1. The molecule has 3 rings (SSSR count). The predicted octanol–water partition coefficient (Wildman–Crippen LogP) is 2.98. The number of fused-ring (bicyclic) bond motifs is 1. The number of ether oxygens (including phenoxy) is 2. The number of benzene rings is 2. The van der Waals surface area contributed by atoms with E-state index in [0.717, 1.165) is 12.0 Å². The number of aromatic nitrogens is 2. The Morgan fingerprint density at radius 2 is 1.93 bits per heavy atom. The number of amides is 1. The molecule has 8 nitrogen and oxygen atoms in total. The van der Waals surface area contributed by atoms with Gasteiger partial charge in [0.25, 0.3) is 11.5 Å². The Labute approximate surface area is 174 Å². The minimum absolute atomic E-state index is 0.144. The summed E-state index contributed by atoms with van der Waals surface area (Å²) in [5.74, 6) is 0.735. The number of carbonyl (C=O) groups is 1. The van der Waals surface area contributed by atoms with Crippen LogP contribution in [0.2, 0.25) is 0 Å². The first-order valence-electron chi connectivity index (χ1n) is 9.73. The molecule has 1 N–H and O–H groups in total. The standard InChI is InChI=1S/C22H24N4O4/c1-4-12-30-18-11-10-15(13-19(18)29-3)14-23-24-21(27)20-16-8-6-7-9-17(16)22(28)26(5-2)25-20/h6-11,13-14H,4-5,12H2,1-3H3,(H,24,27)/b23-14-. The lowest BCUT2D eigenvalue weighted by Gasteiger charge is -2.10. The average molecular weight is 408 g/mol. The number of rotatable bonds is 8. The van der Waals surface area contributed by atoms with Crippen molar-refractivity contribution in [3.63, 3.8) is 0 Å². The molecule has 0 fully saturated rings. The smallest absolute Gasteiger partial charge is 0.292 e. The Bertz CT molecular complexity index is 1140. The monoisotopic (exact) mass is 408 g/mol. The number of hydrogen-bond acceptors (Lipinski definition) is 6. The van der Waals surface area contributed by atoms with Crippen molar-refractivity contribution in [2.45, 2.75) is 26.8 Å². The quantitative estimate of drug-likeness (QED) is 0.457. The fourth-order valence-corrected chi connectivity index (χ4v) is 2.93. The maximum Gasteiger partial charge on any atom is 0.292 e. The van der Waals surface area contributed by atoms with E-state index in [1.807, 2.05) is 13.0 Å². The van der Waals surface area contributed by atoms with E-state index in [-0.39, 0.29) is 11.3 Å². The second kappa shape index (κ2) is 9.69. The third-order valence-corrected chi connectivity index (χ3v) is 4.41. The van der Waals surface area contributed by atoms with Gasteiger partial charge in [-0.3, -0.25) is 9.59 Å². The Kier molecular flexibility index (Phi) is 6.79. The lowest BCUT2D eigenvalue weighted by atomic mass is 10.1. The molecule has 0 saturated carbocycles. The molecule has 1 heterocycles. The summed E-state index contributed by atoms with van der Waals surface area (Å²) in [6.07, 6.45) is 2.40. The number of aryl methyl sites for hydroxylation is 1. The summed E-state index contributed by atoms with van der Waals surface area (Å²) in [4.78, 5) is 25.1. The number of nitrogens with zero attached hydrogens (tertiary/aromatic N) is 3. The largest absolute Gasteiger partial charge is 0.493 e. The first-order valence-corrected chi connectivity index (χ1v) is 9.73.